The Morgan fingerprint density at radius 3 is 2.82 bits per heavy atom. The standard InChI is InChI=1S/C14H18N2O/c1-14(2,10-17)16-8-11-3-4-13-9-15-6-5-12(13)7-11/h3-7,9,16-17H,8,10H2,1-2H3. The van der Waals surface area contributed by atoms with Crippen molar-refractivity contribution in [3.8, 4) is 0 Å². The van der Waals surface area contributed by atoms with Gasteiger partial charge in [0.05, 0.1) is 6.61 Å². The van der Waals surface area contributed by atoms with Crippen LogP contribution in [0.15, 0.2) is 36.7 Å². The molecule has 0 aliphatic rings. The summed E-state index contributed by atoms with van der Waals surface area (Å²) in [4.78, 5) is 4.09. The number of aliphatic hydroxyl groups excluding tert-OH is 1. The first kappa shape index (κ1) is 12.0. The van der Waals surface area contributed by atoms with Gasteiger partial charge in [-0.15, -0.1) is 0 Å². The summed E-state index contributed by atoms with van der Waals surface area (Å²) in [6, 6.07) is 8.32. The van der Waals surface area contributed by atoms with E-state index in [1.165, 1.54) is 10.9 Å². The predicted molar refractivity (Wildman–Crippen MR) is 69.7 cm³/mol. The number of hydrogen-bond acceptors (Lipinski definition) is 3. The van der Waals surface area contributed by atoms with Gasteiger partial charge in [-0.1, -0.05) is 12.1 Å². The van der Waals surface area contributed by atoms with Gasteiger partial charge in [0.25, 0.3) is 0 Å². The molecule has 90 valence electrons. The number of pyridine rings is 1. The molecule has 3 heteroatoms. The first-order valence-corrected chi connectivity index (χ1v) is 5.79. The van der Waals surface area contributed by atoms with Crippen LogP contribution in [0.4, 0.5) is 0 Å². The van der Waals surface area contributed by atoms with E-state index in [0.717, 1.165) is 11.9 Å². The molecule has 0 aliphatic heterocycles. The van der Waals surface area contributed by atoms with Crippen molar-refractivity contribution in [2.24, 2.45) is 0 Å². The number of aliphatic hydroxyl groups is 1. The molecule has 0 radical (unpaired) electrons. The van der Waals surface area contributed by atoms with E-state index in [4.69, 9.17) is 0 Å². The summed E-state index contributed by atoms with van der Waals surface area (Å²) in [6.45, 7) is 4.85. The molecule has 2 rings (SSSR count). The van der Waals surface area contributed by atoms with Crippen LogP contribution in [0.3, 0.4) is 0 Å². The summed E-state index contributed by atoms with van der Waals surface area (Å²) in [6.07, 6.45) is 3.67. The molecular weight excluding hydrogens is 212 g/mol. The highest BCUT2D eigenvalue weighted by Crippen LogP contribution is 2.15. The molecule has 1 aromatic carbocycles. The molecule has 3 nitrogen and oxygen atoms in total. The Kier molecular flexibility index (Phi) is 3.41. The van der Waals surface area contributed by atoms with E-state index in [0.29, 0.717) is 0 Å². The third kappa shape index (κ3) is 3.02. The third-order valence-corrected chi connectivity index (χ3v) is 2.87. The second kappa shape index (κ2) is 4.82. The van der Waals surface area contributed by atoms with Crippen molar-refractivity contribution in [1.29, 1.82) is 0 Å². The van der Waals surface area contributed by atoms with Crippen molar-refractivity contribution in [3.05, 3.63) is 42.2 Å². The molecule has 0 fully saturated rings. The molecule has 0 amide bonds. The van der Waals surface area contributed by atoms with E-state index in [-0.39, 0.29) is 12.1 Å². The van der Waals surface area contributed by atoms with E-state index in [9.17, 15) is 5.11 Å². The Morgan fingerprint density at radius 1 is 1.24 bits per heavy atom. The van der Waals surface area contributed by atoms with Crippen LogP contribution < -0.4 is 5.32 Å². The van der Waals surface area contributed by atoms with Gasteiger partial charge < -0.3 is 10.4 Å². The highest BCUT2D eigenvalue weighted by molar-refractivity contribution is 5.81. The zero-order valence-corrected chi connectivity index (χ0v) is 10.3. The Bertz CT molecular complexity index is 508. The molecule has 0 saturated heterocycles. The Labute approximate surface area is 102 Å². The molecule has 2 aromatic rings. The Balaban J connectivity index is 2.14. The lowest BCUT2D eigenvalue weighted by Gasteiger charge is -2.23. The average molecular weight is 230 g/mol. The lowest BCUT2D eigenvalue weighted by molar-refractivity contribution is 0.187. The largest absolute Gasteiger partial charge is 0.394 e. The molecule has 0 bridgehead atoms. The van der Waals surface area contributed by atoms with Crippen LogP contribution in [-0.4, -0.2) is 22.2 Å². The highest BCUT2D eigenvalue weighted by Gasteiger charge is 2.14. The molecule has 0 saturated carbocycles. The quantitative estimate of drug-likeness (QED) is 0.845. The first-order chi connectivity index (χ1) is 8.11. The molecule has 0 aliphatic carbocycles. The van der Waals surface area contributed by atoms with Crippen molar-refractivity contribution >= 4 is 10.8 Å². The molecule has 0 unspecified atom stereocenters. The number of rotatable bonds is 4. The van der Waals surface area contributed by atoms with Crippen molar-refractivity contribution in [2.45, 2.75) is 25.9 Å². The van der Waals surface area contributed by atoms with Crippen molar-refractivity contribution in [1.82, 2.24) is 10.3 Å². The predicted octanol–water partition coefficient (Wildman–Crippen LogP) is 2.10. The van der Waals surface area contributed by atoms with Gasteiger partial charge in [0.15, 0.2) is 0 Å². The van der Waals surface area contributed by atoms with Crippen LogP contribution in [0, 0.1) is 0 Å². The average Bonchev–Trinajstić information content (AvgIpc) is 2.36. The summed E-state index contributed by atoms with van der Waals surface area (Å²) < 4.78 is 0. The van der Waals surface area contributed by atoms with Gasteiger partial charge >= 0.3 is 0 Å². The van der Waals surface area contributed by atoms with Gasteiger partial charge in [-0.25, -0.2) is 0 Å². The normalized spacial score (nSPS) is 11.9. The summed E-state index contributed by atoms with van der Waals surface area (Å²) in [5.74, 6) is 0. The summed E-state index contributed by atoms with van der Waals surface area (Å²) >= 11 is 0. The van der Waals surface area contributed by atoms with Crippen LogP contribution in [0.1, 0.15) is 19.4 Å². The maximum atomic E-state index is 9.17. The monoisotopic (exact) mass is 230 g/mol. The van der Waals surface area contributed by atoms with E-state index < -0.39 is 0 Å². The van der Waals surface area contributed by atoms with Crippen LogP contribution in [0.5, 0.6) is 0 Å². The van der Waals surface area contributed by atoms with Gasteiger partial charge in [-0.2, -0.15) is 0 Å². The van der Waals surface area contributed by atoms with Gasteiger partial charge in [0, 0.05) is 29.9 Å². The summed E-state index contributed by atoms with van der Waals surface area (Å²) in [5, 5.41) is 14.8. The number of aromatic nitrogens is 1. The van der Waals surface area contributed by atoms with Crippen LogP contribution in [-0.2, 0) is 6.54 Å². The number of nitrogens with zero attached hydrogens (tertiary/aromatic N) is 1. The number of benzene rings is 1. The topological polar surface area (TPSA) is 45.1 Å². The Morgan fingerprint density at radius 2 is 2.06 bits per heavy atom. The number of fused-ring (bicyclic) bond motifs is 1. The fourth-order valence-corrected chi connectivity index (χ4v) is 1.64. The first-order valence-electron chi connectivity index (χ1n) is 5.79. The van der Waals surface area contributed by atoms with Gasteiger partial charge in [0.2, 0.25) is 0 Å². The highest BCUT2D eigenvalue weighted by atomic mass is 16.3. The van der Waals surface area contributed by atoms with E-state index in [1.54, 1.807) is 6.20 Å². The number of hydrogen-bond donors (Lipinski definition) is 2. The minimum atomic E-state index is -0.243. The zero-order valence-electron chi connectivity index (χ0n) is 10.3. The Hall–Kier alpha value is -1.45. The zero-order chi connectivity index (χ0) is 12.3. The lowest BCUT2D eigenvalue weighted by atomic mass is 10.1. The van der Waals surface area contributed by atoms with Crippen LogP contribution in [0.2, 0.25) is 0 Å². The lowest BCUT2D eigenvalue weighted by Crippen LogP contribution is -2.42. The van der Waals surface area contributed by atoms with E-state index in [2.05, 4.69) is 28.5 Å². The van der Waals surface area contributed by atoms with Gasteiger partial charge in [0.1, 0.15) is 0 Å². The van der Waals surface area contributed by atoms with E-state index in [1.807, 2.05) is 26.1 Å². The van der Waals surface area contributed by atoms with Crippen LogP contribution in [0.25, 0.3) is 10.8 Å². The van der Waals surface area contributed by atoms with E-state index >= 15 is 0 Å². The van der Waals surface area contributed by atoms with Gasteiger partial charge in [-0.05, 0) is 36.9 Å². The minimum absolute atomic E-state index is 0.129. The maximum absolute atomic E-state index is 9.17. The van der Waals surface area contributed by atoms with Crippen molar-refractivity contribution in [2.75, 3.05) is 6.61 Å². The van der Waals surface area contributed by atoms with Crippen molar-refractivity contribution in [3.63, 3.8) is 0 Å². The molecular formula is C14H18N2O. The SMILES string of the molecule is CC(C)(CO)NCc1ccc2cnccc2c1. The molecule has 2 N–H and O–H groups in total. The van der Waals surface area contributed by atoms with Gasteiger partial charge in [-0.3, -0.25) is 4.98 Å². The number of nitrogens with one attached hydrogen (secondary N) is 1. The van der Waals surface area contributed by atoms with Crippen molar-refractivity contribution < 1.29 is 5.11 Å². The summed E-state index contributed by atoms with van der Waals surface area (Å²) in [7, 11) is 0. The molecule has 0 atom stereocenters. The molecule has 17 heavy (non-hydrogen) atoms. The minimum Gasteiger partial charge on any atom is -0.394 e. The fraction of sp³-hybridized carbons (Fsp3) is 0.357. The molecule has 1 aromatic heterocycles. The second-order valence-corrected chi connectivity index (χ2v) is 4.95. The van der Waals surface area contributed by atoms with Crippen LogP contribution >= 0.6 is 0 Å². The molecule has 1 heterocycles. The summed E-state index contributed by atoms with van der Waals surface area (Å²) in [5.41, 5.74) is 0.970. The third-order valence-electron chi connectivity index (χ3n) is 2.87. The second-order valence-electron chi connectivity index (χ2n) is 4.95. The molecule has 0 spiro atoms. The smallest absolute Gasteiger partial charge is 0.0607 e. The maximum Gasteiger partial charge on any atom is 0.0607 e. The fourth-order valence-electron chi connectivity index (χ4n) is 1.64.